The largest absolute Gasteiger partial charge is 0.347 e. The highest BCUT2D eigenvalue weighted by molar-refractivity contribution is 7.20. The van der Waals surface area contributed by atoms with Gasteiger partial charge in [-0.3, -0.25) is 4.79 Å². The summed E-state index contributed by atoms with van der Waals surface area (Å²) in [7, 11) is 0. The first kappa shape index (κ1) is 14.8. The smallest absolute Gasteiger partial charge is 0.261 e. The van der Waals surface area contributed by atoms with Crippen molar-refractivity contribution in [3.63, 3.8) is 0 Å². The van der Waals surface area contributed by atoms with E-state index in [2.05, 4.69) is 15.2 Å². The molecule has 1 N–H and O–H groups in total. The van der Waals surface area contributed by atoms with E-state index in [0.29, 0.717) is 12.0 Å². The average molecular weight is 324 g/mol. The number of fused-ring (bicyclic) bond motifs is 4. The summed E-state index contributed by atoms with van der Waals surface area (Å²) in [5.74, 6) is 0.725. The van der Waals surface area contributed by atoms with E-state index in [1.165, 1.54) is 37.3 Å². The number of pyridine rings is 1. The Bertz CT molecular complexity index is 618. The van der Waals surface area contributed by atoms with Gasteiger partial charge in [0.25, 0.3) is 5.91 Å². The minimum absolute atomic E-state index is 0. The molecule has 0 aliphatic carbocycles. The third kappa shape index (κ3) is 2.78. The molecule has 1 atom stereocenters. The van der Waals surface area contributed by atoms with Crippen molar-refractivity contribution < 1.29 is 4.79 Å². The van der Waals surface area contributed by atoms with Gasteiger partial charge >= 0.3 is 0 Å². The number of nitrogens with one attached hydrogen (secondary N) is 1. The average Bonchev–Trinajstić information content (AvgIpc) is 2.92. The van der Waals surface area contributed by atoms with E-state index < -0.39 is 0 Å². The van der Waals surface area contributed by atoms with Crippen LogP contribution < -0.4 is 5.32 Å². The predicted molar refractivity (Wildman–Crippen MR) is 87.3 cm³/mol. The van der Waals surface area contributed by atoms with Crippen molar-refractivity contribution in [2.75, 3.05) is 19.6 Å². The number of halogens is 1. The first-order valence-corrected chi connectivity index (χ1v) is 7.99. The molecule has 0 saturated carbocycles. The van der Waals surface area contributed by atoms with Crippen LogP contribution >= 0.6 is 23.7 Å². The highest BCUT2D eigenvalue weighted by Gasteiger charge is 2.35. The van der Waals surface area contributed by atoms with Crippen LogP contribution in [0.5, 0.6) is 0 Å². The SMILES string of the molecule is Cl.O=C(N[C@H]1CN2CCC1CC2)c1cc2cccnc2s1. The van der Waals surface area contributed by atoms with Crippen LogP contribution in [-0.2, 0) is 0 Å². The van der Waals surface area contributed by atoms with Crippen molar-refractivity contribution in [1.82, 2.24) is 15.2 Å². The molecule has 21 heavy (non-hydrogen) atoms. The lowest BCUT2D eigenvalue weighted by Crippen LogP contribution is -2.57. The van der Waals surface area contributed by atoms with Gasteiger partial charge in [0.05, 0.1) is 4.88 Å². The van der Waals surface area contributed by atoms with Crippen molar-refractivity contribution >= 4 is 39.9 Å². The van der Waals surface area contributed by atoms with E-state index in [4.69, 9.17) is 0 Å². The molecule has 2 aromatic heterocycles. The standard InChI is InChI=1S/C15H17N3OS.ClH/c19-14(13-8-11-2-1-5-16-15(11)20-13)17-12-9-18-6-3-10(12)4-7-18;/h1-2,5,8,10,12H,3-4,6-7,9H2,(H,17,19);1H/t12-;/m0./s1. The molecule has 5 heterocycles. The normalized spacial score (nSPS) is 27.3. The topological polar surface area (TPSA) is 45.2 Å². The maximum Gasteiger partial charge on any atom is 0.261 e. The Balaban J connectivity index is 0.00000132. The zero-order chi connectivity index (χ0) is 13.5. The van der Waals surface area contributed by atoms with Crippen LogP contribution in [0.1, 0.15) is 22.5 Å². The van der Waals surface area contributed by atoms with E-state index in [1.807, 2.05) is 18.2 Å². The van der Waals surface area contributed by atoms with Crippen LogP contribution in [0.2, 0.25) is 0 Å². The monoisotopic (exact) mass is 323 g/mol. The molecule has 2 bridgehead atoms. The fourth-order valence-electron chi connectivity index (χ4n) is 3.35. The Morgan fingerprint density at radius 1 is 1.38 bits per heavy atom. The summed E-state index contributed by atoms with van der Waals surface area (Å²) in [6, 6.07) is 6.18. The van der Waals surface area contributed by atoms with E-state index in [1.54, 1.807) is 6.20 Å². The van der Waals surface area contributed by atoms with Crippen molar-refractivity contribution in [1.29, 1.82) is 0 Å². The van der Waals surface area contributed by atoms with Crippen LogP contribution in [0.25, 0.3) is 10.2 Å². The zero-order valence-electron chi connectivity index (χ0n) is 11.6. The van der Waals surface area contributed by atoms with Gasteiger partial charge < -0.3 is 10.2 Å². The molecule has 5 rings (SSSR count). The molecule has 0 aromatic carbocycles. The summed E-state index contributed by atoms with van der Waals surface area (Å²) in [5, 5.41) is 4.28. The number of nitrogens with zero attached hydrogens (tertiary/aromatic N) is 2. The maximum absolute atomic E-state index is 12.4. The van der Waals surface area contributed by atoms with Gasteiger partial charge in [-0.05, 0) is 44.0 Å². The van der Waals surface area contributed by atoms with E-state index in [0.717, 1.165) is 21.6 Å². The van der Waals surface area contributed by atoms with Gasteiger partial charge in [-0.25, -0.2) is 4.98 Å². The second kappa shape index (κ2) is 5.91. The van der Waals surface area contributed by atoms with Crippen LogP contribution in [0.3, 0.4) is 0 Å². The molecule has 112 valence electrons. The summed E-state index contributed by atoms with van der Waals surface area (Å²) in [5.41, 5.74) is 0. The molecule has 0 unspecified atom stereocenters. The highest BCUT2D eigenvalue weighted by Crippen LogP contribution is 2.28. The second-order valence-electron chi connectivity index (χ2n) is 5.73. The number of thiophene rings is 1. The van der Waals surface area contributed by atoms with Crippen LogP contribution in [0.15, 0.2) is 24.4 Å². The second-order valence-corrected chi connectivity index (χ2v) is 6.76. The molecule has 4 nitrogen and oxygen atoms in total. The Labute approximate surface area is 134 Å². The van der Waals surface area contributed by atoms with E-state index in [9.17, 15) is 4.79 Å². The van der Waals surface area contributed by atoms with Crippen molar-refractivity contribution in [3.8, 4) is 0 Å². The molecular weight excluding hydrogens is 306 g/mol. The number of carbonyl (C=O) groups excluding carboxylic acids is 1. The van der Waals surface area contributed by atoms with Gasteiger partial charge in [-0.1, -0.05) is 6.07 Å². The Morgan fingerprint density at radius 2 is 2.19 bits per heavy atom. The molecule has 6 heteroatoms. The van der Waals surface area contributed by atoms with Crippen LogP contribution in [0, 0.1) is 5.92 Å². The third-order valence-corrected chi connectivity index (χ3v) is 5.55. The van der Waals surface area contributed by atoms with Gasteiger partial charge in [-0.2, -0.15) is 0 Å². The fourth-order valence-corrected chi connectivity index (χ4v) is 4.26. The molecule has 2 aromatic rings. The number of piperidine rings is 3. The third-order valence-electron chi connectivity index (χ3n) is 4.49. The highest BCUT2D eigenvalue weighted by atomic mass is 35.5. The zero-order valence-corrected chi connectivity index (χ0v) is 13.3. The Morgan fingerprint density at radius 3 is 2.86 bits per heavy atom. The minimum atomic E-state index is 0. The van der Waals surface area contributed by atoms with Crippen molar-refractivity contribution in [3.05, 3.63) is 29.3 Å². The maximum atomic E-state index is 12.4. The van der Waals surface area contributed by atoms with Crippen molar-refractivity contribution in [2.45, 2.75) is 18.9 Å². The fraction of sp³-hybridized carbons (Fsp3) is 0.467. The lowest BCUT2D eigenvalue weighted by molar-refractivity contribution is 0.0622. The van der Waals surface area contributed by atoms with Gasteiger partial charge in [0, 0.05) is 24.2 Å². The minimum Gasteiger partial charge on any atom is -0.347 e. The van der Waals surface area contributed by atoms with E-state index >= 15 is 0 Å². The molecule has 3 fully saturated rings. The summed E-state index contributed by atoms with van der Waals surface area (Å²) in [6.07, 6.45) is 4.21. The first-order chi connectivity index (χ1) is 9.79. The summed E-state index contributed by atoms with van der Waals surface area (Å²) in [4.78, 5) is 20.9. The van der Waals surface area contributed by atoms with Gasteiger partial charge in [0.2, 0.25) is 0 Å². The Hall–Kier alpha value is -1.17. The van der Waals surface area contributed by atoms with Crippen molar-refractivity contribution in [2.24, 2.45) is 5.92 Å². The summed E-state index contributed by atoms with van der Waals surface area (Å²) >= 11 is 1.48. The predicted octanol–water partition coefficient (Wildman–Crippen LogP) is 2.54. The number of carbonyl (C=O) groups is 1. The van der Waals surface area contributed by atoms with Gasteiger partial charge in [0.1, 0.15) is 4.83 Å². The number of rotatable bonds is 2. The quantitative estimate of drug-likeness (QED) is 0.923. The molecule has 0 spiro atoms. The molecular formula is C15H18ClN3OS. The molecule has 0 radical (unpaired) electrons. The molecule has 3 aliphatic heterocycles. The summed E-state index contributed by atoms with van der Waals surface area (Å²) < 4.78 is 0. The molecule has 1 amide bonds. The number of aromatic nitrogens is 1. The summed E-state index contributed by atoms with van der Waals surface area (Å²) in [6.45, 7) is 3.41. The molecule has 3 saturated heterocycles. The number of hydrogen-bond donors (Lipinski definition) is 1. The number of hydrogen-bond acceptors (Lipinski definition) is 4. The van der Waals surface area contributed by atoms with Crippen LogP contribution in [-0.4, -0.2) is 41.5 Å². The number of amides is 1. The van der Waals surface area contributed by atoms with Gasteiger partial charge in [-0.15, -0.1) is 23.7 Å². The van der Waals surface area contributed by atoms with Gasteiger partial charge in [0.15, 0.2) is 0 Å². The lowest BCUT2D eigenvalue weighted by Gasteiger charge is -2.44. The first-order valence-electron chi connectivity index (χ1n) is 7.17. The lowest BCUT2D eigenvalue weighted by atomic mass is 9.84. The van der Waals surface area contributed by atoms with E-state index in [-0.39, 0.29) is 18.3 Å². The van der Waals surface area contributed by atoms with Crippen LogP contribution in [0.4, 0.5) is 0 Å². The Kier molecular flexibility index (Phi) is 4.15. The molecule has 3 aliphatic rings.